The van der Waals surface area contributed by atoms with Crippen molar-refractivity contribution in [1.29, 1.82) is 0 Å². The zero-order valence-electron chi connectivity index (χ0n) is 11.2. The molecule has 2 aromatic rings. The van der Waals surface area contributed by atoms with Gasteiger partial charge in [-0.1, -0.05) is 17.7 Å². The Morgan fingerprint density at radius 3 is 2.32 bits per heavy atom. The maximum absolute atomic E-state index is 10.9. The first kappa shape index (κ1) is 13.8. The van der Waals surface area contributed by atoms with Crippen molar-refractivity contribution in [1.82, 2.24) is 4.57 Å². The fraction of sp³-hybridized carbons (Fsp3) is 0.308. The van der Waals surface area contributed by atoms with Crippen LogP contribution >= 0.6 is 0 Å². The van der Waals surface area contributed by atoms with Crippen LogP contribution in [0.3, 0.4) is 0 Å². The van der Waals surface area contributed by atoms with Gasteiger partial charge in [-0.05, 0) is 31.9 Å². The first-order valence-corrected chi connectivity index (χ1v) is 7.47. The summed E-state index contributed by atoms with van der Waals surface area (Å²) < 4.78 is 33.8. The molecule has 5 nitrogen and oxygen atoms in total. The number of hydrogen-bond acceptors (Lipinski definition) is 2. The predicted molar refractivity (Wildman–Crippen MR) is 71.7 cm³/mol. The van der Waals surface area contributed by atoms with E-state index >= 15 is 0 Å². The average molecular weight is 281 g/mol. The van der Waals surface area contributed by atoms with Crippen molar-refractivity contribution in [2.24, 2.45) is 0 Å². The lowest BCUT2D eigenvalue weighted by atomic mass is 10.1. The Morgan fingerprint density at radius 2 is 1.79 bits per heavy atom. The summed E-state index contributed by atoms with van der Waals surface area (Å²) in [5, 5.41) is 0. The van der Waals surface area contributed by atoms with Gasteiger partial charge in [0, 0.05) is 0 Å². The van der Waals surface area contributed by atoms with Gasteiger partial charge in [-0.3, -0.25) is 4.55 Å². The van der Waals surface area contributed by atoms with E-state index in [9.17, 15) is 8.42 Å². The van der Waals surface area contributed by atoms with E-state index < -0.39 is 16.0 Å². The van der Waals surface area contributed by atoms with Crippen molar-refractivity contribution < 1.29 is 17.5 Å². The molecule has 0 unspecified atom stereocenters. The van der Waals surface area contributed by atoms with E-state index in [-0.39, 0.29) is 0 Å². The maximum Gasteiger partial charge on any atom is 0.304 e. The minimum absolute atomic E-state index is 0.441. The summed E-state index contributed by atoms with van der Waals surface area (Å²) in [7, 11) is -4.02. The van der Waals surface area contributed by atoms with Gasteiger partial charge in [0.1, 0.15) is 18.1 Å². The quantitative estimate of drug-likeness (QED) is 0.685. The topological polar surface area (TPSA) is 63.2 Å². The molecule has 0 atom stereocenters. The van der Waals surface area contributed by atoms with Gasteiger partial charge in [-0.25, -0.2) is 9.13 Å². The van der Waals surface area contributed by atoms with Gasteiger partial charge < -0.3 is 0 Å². The third-order valence-corrected chi connectivity index (χ3v) is 3.52. The number of nitrogens with zero attached hydrogens (tertiary/aromatic N) is 2. The van der Waals surface area contributed by atoms with Gasteiger partial charge in [0.25, 0.3) is 0 Å². The number of aromatic nitrogens is 2. The molecule has 0 saturated carbocycles. The number of hydrogen-bond donors (Lipinski definition) is 1. The molecule has 0 aliphatic rings. The molecule has 1 aromatic carbocycles. The van der Waals surface area contributed by atoms with Gasteiger partial charge in [-0.2, -0.15) is 8.42 Å². The van der Waals surface area contributed by atoms with E-state index in [2.05, 4.69) is 12.1 Å². The summed E-state index contributed by atoms with van der Waals surface area (Å²) in [6.45, 7) is 6.07. The van der Waals surface area contributed by atoms with Crippen molar-refractivity contribution in [2.75, 3.05) is 0 Å². The Balaban J connectivity index is 2.44. The number of imidazole rings is 1. The van der Waals surface area contributed by atoms with Crippen molar-refractivity contribution >= 4 is 10.1 Å². The van der Waals surface area contributed by atoms with Crippen LogP contribution in [-0.2, 0) is 16.0 Å². The molecular weight excluding hydrogens is 264 g/mol. The molecule has 19 heavy (non-hydrogen) atoms. The standard InChI is InChI=1S/C13H16N2O3S/c1-10-6-11(2)13(12(3)7-10)15-5-4-14(8-15)9-19(16,17)18/h4-8H,9H2,1-3H3/p+1. The molecule has 0 saturated heterocycles. The van der Waals surface area contributed by atoms with Gasteiger partial charge in [-0.15, -0.1) is 0 Å². The molecular formula is C13H17N2O3S+. The molecule has 0 aliphatic carbocycles. The first-order chi connectivity index (χ1) is 8.76. The summed E-state index contributed by atoms with van der Waals surface area (Å²) in [4.78, 5) is 0. The van der Waals surface area contributed by atoms with Crippen LogP contribution in [-0.4, -0.2) is 17.5 Å². The molecule has 0 spiro atoms. The van der Waals surface area contributed by atoms with Crippen LogP contribution in [0.5, 0.6) is 0 Å². The second-order valence-corrected chi connectivity index (χ2v) is 6.22. The predicted octanol–water partition coefficient (Wildman–Crippen LogP) is 1.54. The third kappa shape index (κ3) is 3.21. The highest BCUT2D eigenvalue weighted by molar-refractivity contribution is 7.84. The Morgan fingerprint density at radius 1 is 1.21 bits per heavy atom. The third-order valence-electron chi connectivity index (χ3n) is 2.90. The average Bonchev–Trinajstić information content (AvgIpc) is 2.61. The number of aryl methyl sites for hydroxylation is 3. The SMILES string of the molecule is Cc1cc(C)c(-n2cc[n+](CS(=O)(=O)O)c2)c(C)c1. The zero-order valence-corrected chi connectivity index (χ0v) is 12.0. The monoisotopic (exact) mass is 281 g/mol. The molecule has 2 rings (SSSR count). The molecule has 6 heteroatoms. The Kier molecular flexibility index (Phi) is 3.47. The Bertz CT molecular complexity index is 694. The van der Waals surface area contributed by atoms with E-state index in [0.29, 0.717) is 0 Å². The molecule has 0 aliphatic heterocycles. The van der Waals surface area contributed by atoms with Crippen LogP contribution in [0.15, 0.2) is 30.9 Å². The number of rotatable bonds is 3. The lowest BCUT2D eigenvalue weighted by Gasteiger charge is -2.06. The van der Waals surface area contributed by atoms with Crippen LogP contribution in [0.1, 0.15) is 16.7 Å². The molecule has 1 heterocycles. The summed E-state index contributed by atoms with van der Waals surface area (Å²) >= 11 is 0. The van der Waals surface area contributed by atoms with Gasteiger partial charge >= 0.3 is 10.1 Å². The fourth-order valence-electron chi connectivity index (χ4n) is 2.37. The fourth-order valence-corrected chi connectivity index (χ4v) is 2.90. The molecule has 102 valence electrons. The first-order valence-electron chi connectivity index (χ1n) is 5.87. The molecule has 0 amide bonds. The minimum Gasteiger partial charge on any atom is -0.283 e. The summed E-state index contributed by atoms with van der Waals surface area (Å²) in [6, 6.07) is 4.16. The Labute approximate surface area is 112 Å². The van der Waals surface area contributed by atoms with Crippen LogP contribution in [0.25, 0.3) is 5.69 Å². The van der Waals surface area contributed by atoms with E-state index in [0.717, 1.165) is 16.8 Å². The van der Waals surface area contributed by atoms with Crippen LogP contribution in [0.4, 0.5) is 0 Å². The van der Waals surface area contributed by atoms with Gasteiger partial charge in [0.05, 0.1) is 0 Å². The van der Waals surface area contributed by atoms with Crippen molar-refractivity contribution in [3.8, 4) is 5.69 Å². The van der Waals surface area contributed by atoms with E-state index in [1.807, 2.05) is 25.3 Å². The molecule has 1 N–H and O–H groups in total. The van der Waals surface area contributed by atoms with Crippen molar-refractivity contribution in [2.45, 2.75) is 26.6 Å². The maximum atomic E-state index is 10.9. The molecule has 0 fully saturated rings. The van der Waals surface area contributed by atoms with Gasteiger partial charge in [0.2, 0.25) is 12.2 Å². The highest BCUT2D eigenvalue weighted by Crippen LogP contribution is 2.20. The van der Waals surface area contributed by atoms with E-state index in [1.165, 1.54) is 10.1 Å². The van der Waals surface area contributed by atoms with E-state index in [1.54, 1.807) is 18.7 Å². The normalized spacial score (nSPS) is 11.8. The minimum atomic E-state index is -4.02. The van der Waals surface area contributed by atoms with Gasteiger partial charge in [0.15, 0.2) is 0 Å². The van der Waals surface area contributed by atoms with Crippen LogP contribution in [0.2, 0.25) is 0 Å². The summed E-state index contributed by atoms with van der Waals surface area (Å²) in [5.74, 6) is -0.441. The van der Waals surface area contributed by atoms with Crippen LogP contribution < -0.4 is 4.57 Å². The molecule has 1 aromatic heterocycles. The summed E-state index contributed by atoms with van der Waals surface area (Å²) in [5.41, 5.74) is 4.45. The van der Waals surface area contributed by atoms with E-state index in [4.69, 9.17) is 4.55 Å². The second kappa shape index (κ2) is 4.79. The largest absolute Gasteiger partial charge is 0.304 e. The highest BCUT2D eigenvalue weighted by Gasteiger charge is 2.15. The highest BCUT2D eigenvalue weighted by atomic mass is 32.2. The van der Waals surface area contributed by atoms with Crippen LogP contribution in [0, 0.1) is 20.8 Å². The lowest BCUT2D eigenvalue weighted by Crippen LogP contribution is -2.35. The smallest absolute Gasteiger partial charge is 0.283 e. The molecule has 0 radical (unpaired) electrons. The Hall–Kier alpha value is -1.66. The van der Waals surface area contributed by atoms with Crippen molar-refractivity contribution in [3.63, 3.8) is 0 Å². The lowest BCUT2D eigenvalue weighted by molar-refractivity contribution is -0.677. The second-order valence-electron chi connectivity index (χ2n) is 4.79. The summed E-state index contributed by atoms with van der Waals surface area (Å²) in [6.07, 6.45) is 5.04. The number of benzene rings is 1. The van der Waals surface area contributed by atoms with Crippen molar-refractivity contribution in [3.05, 3.63) is 47.5 Å². The zero-order chi connectivity index (χ0) is 14.2. The molecule has 0 bridgehead atoms.